The van der Waals surface area contributed by atoms with Crippen LogP contribution in [0.3, 0.4) is 0 Å². The molecule has 0 fully saturated rings. The Hall–Kier alpha value is -2.70. The quantitative estimate of drug-likeness (QED) is 0.202. The van der Waals surface area contributed by atoms with Crippen LogP contribution in [0.1, 0.15) is 75.8 Å². The molecule has 4 nitrogen and oxygen atoms in total. The topological polar surface area (TPSA) is 67.2 Å². The van der Waals surface area contributed by atoms with Crippen LogP contribution >= 0.6 is 0 Å². The Balaban J connectivity index is 1.67. The molecule has 0 radical (unpaired) electrons. The summed E-state index contributed by atoms with van der Waals surface area (Å²) in [6.45, 7) is 2.86. The second-order valence-electron chi connectivity index (χ2n) is 8.45. The summed E-state index contributed by atoms with van der Waals surface area (Å²) in [4.78, 5) is 12.2. The van der Waals surface area contributed by atoms with E-state index in [0.29, 0.717) is 30.8 Å². The van der Waals surface area contributed by atoms with Crippen molar-refractivity contribution in [2.75, 3.05) is 22.9 Å². The first-order valence-electron chi connectivity index (χ1n) is 11.9. The molecular formula is C26H36F3N3O. The minimum Gasteiger partial charge on any atom is -0.397 e. The summed E-state index contributed by atoms with van der Waals surface area (Å²) >= 11 is 0. The van der Waals surface area contributed by atoms with Gasteiger partial charge in [-0.15, -0.1) is 0 Å². The van der Waals surface area contributed by atoms with Gasteiger partial charge in [-0.2, -0.15) is 13.2 Å². The summed E-state index contributed by atoms with van der Waals surface area (Å²) in [6, 6.07) is 10.7. The molecule has 0 spiro atoms. The van der Waals surface area contributed by atoms with Gasteiger partial charge in [-0.05, 0) is 55.2 Å². The van der Waals surface area contributed by atoms with E-state index in [2.05, 4.69) is 17.6 Å². The zero-order valence-corrected chi connectivity index (χ0v) is 19.4. The van der Waals surface area contributed by atoms with E-state index < -0.39 is 11.7 Å². The van der Waals surface area contributed by atoms with Crippen molar-refractivity contribution < 1.29 is 18.0 Å². The van der Waals surface area contributed by atoms with Gasteiger partial charge in [0, 0.05) is 18.7 Å². The number of carbonyl (C=O) groups is 1. The number of hydrogen-bond acceptors (Lipinski definition) is 3. The van der Waals surface area contributed by atoms with Crippen LogP contribution in [0.25, 0.3) is 0 Å². The van der Waals surface area contributed by atoms with Crippen LogP contribution in [-0.2, 0) is 17.4 Å². The monoisotopic (exact) mass is 463 g/mol. The maximum atomic E-state index is 12.6. The average Bonchev–Trinajstić information content (AvgIpc) is 2.77. The van der Waals surface area contributed by atoms with Gasteiger partial charge in [0.15, 0.2) is 0 Å². The van der Waals surface area contributed by atoms with E-state index in [4.69, 9.17) is 5.73 Å². The van der Waals surface area contributed by atoms with E-state index >= 15 is 0 Å². The second kappa shape index (κ2) is 13.8. The number of amides is 1. The summed E-state index contributed by atoms with van der Waals surface area (Å²) in [5, 5.41) is 6.14. The average molecular weight is 464 g/mol. The Kier molecular flexibility index (Phi) is 11.1. The molecule has 33 heavy (non-hydrogen) atoms. The van der Waals surface area contributed by atoms with Crippen LogP contribution in [-0.4, -0.2) is 12.5 Å². The number of halogens is 3. The molecule has 2 aromatic rings. The van der Waals surface area contributed by atoms with Gasteiger partial charge in [-0.25, -0.2) is 0 Å². The minimum atomic E-state index is -4.31. The number of alkyl halides is 3. The first-order valence-corrected chi connectivity index (χ1v) is 11.9. The van der Waals surface area contributed by atoms with Crippen LogP contribution in [0.5, 0.6) is 0 Å². The molecule has 7 heteroatoms. The van der Waals surface area contributed by atoms with Crippen molar-refractivity contribution in [2.45, 2.75) is 77.3 Å². The second-order valence-corrected chi connectivity index (χ2v) is 8.45. The maximum Gasteiger partial charge on any atom is 0.416 e. The molecule has 182 valence electrons. The van der Waals surface area contributed by atoms with Gasteiger partial charge in [0.1, 0.15) is 0 Å². The molecule has 0 atom stereocenters. The molecule has 0 aliphatic rings. The molecule has 0 aliphatic carbocycles. The SMILES string of the molecule is CCCCCCCCCC(=O)Nc1ccc(NCCCc2ccc(C(F)(F)F)cc2)cc1N. The molecule has 0 unspecified atom stereocenters. The van der Waals surface area contributed by atoms with Gasteiger partial charge >= 0.3 is 6.18 Å². The fourth-order valence-corrected chi connectivity index (χ4v) is 3.63. The molecule has 2 rings (SSSR count). The van der Waals surface area contributed by atoms with E-state index in [1.165, 1.54) is 44.2 Å². The van der Waals surface area contributed by atoms with Crippen molar-refractivity contribution in [1.82, 2.24) is 0 Å². The molecule has 0 heterocycles. The van der Waals surface area contributed by atoms with E-state index in [0.717, 1.165) is 42.6 Å². The lowest BCUT2D eigenvalue weighted by molar-refractivity contribution is -0.137. The Morgan fingerprint density at radius 3 is 2.21 bits per heavy atom. The van der Waals surface area contributed by atoms with Crippen molar-refractivity contribution in [3.8, 4) is 0 Å². The summed E-state index contributed by atoms with van der Waals surface area (Å²) < 4.78 is 37.9. The van der Waals surface area contributed by atoms with Crippen molar-refractivity contribution in [3.05, 3.63) is 53.6 Å². The molecule has 2 aromatic carbocycles. The molecule has 4 N–H and O–H groups in total. The van der Waals surface area contributed by atoms with Crippen molar-refractivity contribution >= 4 is 23.0 Å². The van der Waals surface area contributed by atoms with Crippen molar-refractivity contribution in [1.29, 1.82) is 0 Å². The third kappa shape index (κ3) is 10.2. The Bertz CT molecular complexity index is 851. The lowest BCUT2D eigenvalue weighted by Crippen LogP contribution is -2.13. The first-order chi connectivity index (χ1) is 15.8. The summed E-state index contributed by atoms with van der Waals surface area (Å²) in [6.07, 6.45) is 5.79. The maximum absolute atomic E-state index is 12.6. The van der Waals surface area contributed by atoms with Crippen LogP contribution in [0.15, 0.2) is 42.5 Å². The zero-order chi connectivity index (χ0) is 24.1. The molecular weight excluding hydrogens is 427 g/mol. The molecule has 0 aliphatic heterocycles. The normalized spacial score (nSPS) is 11.4. The highest BCUT2D eigenvalue weighted by molar-refractivity contribution is 5.94. The zero-order valence-electron chi connectivity index (χ0n) is 19.4. The number of anilines is 3. The summed E-state index contributed by atoms with van der Waals surface area (Å²) in [5.74, 6) is -0.0208. The van der Waals surface area contributed by atoms with Crippen molar-refractivity contribution in [2.24, 2.45) is 0 Å². The van der Waals surface area contributed by atoms with Crippen LogP contribution < -0.4 is 16.4 Å². The van der Waals surface area contributed by atoms with Gasteiger partial charge < -0.3 is 16.4 Å². The highest BCUT2D eigenvalue weighted by Crippen LogP contribution is 2.29. The smallest absolute Gasteiger partial charge is 0.397 e. The number of unbranched alkanes of at least 4 members (excludes halogenated alkanes) is 6. The number of rotatable bonds is 14. The van der Waals surface area contributed by atoms with Gasteiger partial charge in [0.25, 0.3) is 0 Å². The largest absolute Gasteiger partial charge is 0.416 e. The fourth-order valence-electron chi connectivity index (χ4n) is 3.63. The van der Waals surface area contributed by atoms with Crippen LogP contribution in [0, 0.1) is 0 Å². The van der Waals surface area contributed by atoms with Crippen LogP contribution in [0.4, 0.5) is 30.2 Å². The third-order valence-electron chi connectivity index (χ3n) is 5.59. The number of nitrogens with one attached hydrogen (secondary N) is 2. The summed E-state index contributed by atoms with van der Waals surface area (Å²) in [7, 11) is 0. The standard InChI is InChI=1S/C26H36F3N3O/c1-2-3-4-5-6-7-8-11-25(33)32-24-17-16-22(19-23(24)30)31-18-9-10-20-12-14-21(15-13-20)26(27,28)29/h12-17,19,31H,2-11,18,30H2,1H3,(H,32,33). The predicted octanol–water partition coefficient (Wildman–Crippen LogP) is 7.41. The number of nitrogen functional groups attached to an aromatic ring is 1. The Labute approximate surface area is 195 Å². The Morgan fingerprint density at radius 2 is 1.58 bits per heavy atom. The third-order valence-corrected chi connectivity index (χ3v) is 5.59. The molecule has 0 bridgehead atoms. The molecule has 0 saturated carbocycles. The van der Waals surface area contributed by atoms with E-state index in [1.54, 1.807) is 12.1 Å². The van der Waals surface area contributed by atoms with Gasteiger partial charge in [0.05, 0.1) is 16.9 Å². The predicted molar refractivity (Wildman–Crippen MR) is 130 cm³/mol. The number of aryl methyl sites for hydroxylation is 1. The van der Waals surface area contributed by atoms with E-state index in [1.807, 2.05) is 6.07 Å². The van der Waals surface area contributed by atoms with Gasteiger partial charge in [-0.3, -0.25) is 4.79 Å². The lowest BCUT2D eigenvalue weighted by atomic mass is 10.1. The fraction of sp³-hybridized carbons (Fsp3) is 0.500. The number of benzene rings is 2. The van der Waals surface area contributed by atoms with Gasteiger partial charge in [0.2, 0.25) is 5.91 Å². The highest BCUT2D eigenvalue weighted by Gasteiger charge is 2.29. The van der Waals surface area contributed by atoms with Crippen LogP contribution in [0.2, 0.25) is 0 Å². The molecule has 0 saturated heterocycles. The lowest BCUT2D eigenvalue weighted by Gasteiger charge is -2.12. The molecule has 1 amide bonds. The van der Waals surface area contributed by atoms with E-state index in [-0.39, 0.29) is 5.91 Å². The minimum absolute atomic E-state index is 0.0208. The van der Waals surface area contributed by atoms with Crippen molar-refractivity contribution in [3.63, 3.8) is 0 Å². The number of carbonyl (C=O) groups excluding carboxylic acids is 1. The highest BCUT2D eigenvalue weighted by atomic mass is 19.4. The number of hydrogen-bond donors (Lipinski definition) is 3. The Morgan fingerprint density at radius 1 is 0.909 bits per heavy atom. The molecule has 0 aromatic heterocycles. The first kappa shape index (κ1) is 26.6. The summed E-state index contributed by atoms with van der Waals surface area (Å²) in [5.41, 5.74) is 8.27. The van der Waals surface area contributed by atoms with Gasteiger partial charge in [-0.1, -0.05) is 57.6 Å². The number of nitrogens with two attached hydrogens (primary N) is 1. The van der Waals surface area contributed by atoms with E-state index in [9.17, 15) is 18.0 Å².